The van der Waals surface area contributed by atoms with Crippen molar-refractivity contribution in [2.45, 2.75) is 45.3 Å². The summed E-state index contributed by atoms with van der Waals surface area (Å²) in [7, 11) is 0. The first-order valence-corrected chi connectivity index (χ1v) is 7.70. The van der Waals surface area contributed by atoms with Gasteiger partial charge in [-0.1, -0.05) is 32.0 Å². The summed E-state index contributed by atoms with van der Waals surface area (Å²) >= 11 is 0. The number of ether oxygens (including phenoxy) is 1. The predicted octanol–water partition coefficient (Wildman–Crippen LogP) is 2.95. The molecular formula is C17H23N3O. The van der Waals surface area contributed by atoms with Crippen LogP contribution in [0.4, 0.5) is 0 Å². The monoisotopic (exact) mass is 285 g/mol. The molecule has 1 N–H and O–H groups in total. The highest BCUT2D eigenvalue weighted by Crippen LogP contribution is 2.34. The number of para-hydroxylation sites is 1. The number of nitrogens with zero attached hydrogens (tertiary/aromatic N) is 2. The molecule has 0 radical (unpaired) electrons. The van der Waals surface area contributed by atoms with Gasteiger partial charge >= 0.3 is 0 Å². The van der Waals surface area contributed by atoms with Gasteiger partial charge < -0.3 is 10.1 Å². The standard InChI is InChI=1S/C17H23N3O/c1-13(2)18-11-15-7-9-20(19-15)12-14-8-10-21-17-6-4-3-5-16(14)17/h3-7,9,13-14,18H,8,10-12H2,1-2H3. The topological polar surface area (TPSA) is 39.1 Å². The van der Waals surface area contributed by atoms with Crippen LogP contribution >= 0.6 is 0 Å². The first-order chi connectivity index (χ1) is 10.2. The number of hydrogen-bond acceptors (Lipinski definition) is 3. The van der Waals surface area contributed by atoms with Gasteiger partial charge in [-0.15, -0.1) is 0 Å². The van der Waals surface area contributed by atoms with Crippen molar-refractivity contribution in [2.75, 3.05) is 6.61 Å². The van der Waals surface area contributed by atoms with Crippen molar-refractivity contribution in [3.8, 4) is 5.75 Å². The Bertz CT molecular complexity index is 591. The van der Waals surface area contributed by atoms with E-state index in [-0.39, 0.29) is 0 Å². The second-order valence-electron chi connectivity index (χ2n) is 5.94. The normalized spacial score (nSPS) is 17.6. The molecule has 0 saturated carbocycles. The van der Waals surface area contributed by atoms with Crippen LogP contribution in [0.3, 0.4) is 0 Å². The molecule has 2 aromatic rings. The van der Waals surface area contributed by atoms with Gasteiger partial charge in [-0.2, -0.15) is 5.10 Å². The van der Waals surface area contributed by atoms with E-state index >= 15 is 0 Å². The van der Waals surface area contributed by atoms with E-state index in [9.17, 15) is 0 Å². The van der Waals surface area contributed by atoms with E-state index in [0.29, 0.717) is 12.0 Å². The van der Waals surface area contributed by atoms with Crippen LogP contribution in [0.15, 0.2) is 36.5 Å². The SMILES string of the molecule is CC(C)NCc1ccn(CC2CCOc3ccccc32)n1. The van der Waals surface area contributed by atoms with E-state index < -0.39 is 0 Å². The summed E-state index contributed by atoms with van der Waals surface area (Å²) in [6.45, 7) is 6.84. The largest absolute Gasteiger partial charge is 0.493 e. The minimum atomic E-state index is 0.484. The highest BCUT2D eigenvalue weighted by atomic mass is 16.5. The first-order valence-electron chi connectivity index (χ1n) is 7.70. The van der Waals surface area contributed by atoms with Gasteiger partial charge in [0, 0.05) is 31.2 Å². The summed E-state index contributed by atoms with van der Waals surface area (Å²) < 4.78 is 7.78. The fraction of sp³-hybridized carbons (Fsp3) is 0.471. The highest BCUT2D eigenvalue weighted by Gasteiger charge is 2.21. The lowest BCUT2D eigenvalue weighted by molar-refractivity contribution is 0.256. The molecule has 0 saturated heterocycles. The van der Waals surface area contributed by atoms with Crippen molar-refractivity contribution in [1.29, 1.82) is 0 Å². The molecule has 4 nitrogen and oxygen atoms in total. The Morgan fingerprint density at radius 2 is 2.19 bits per heavy atom. The van der Waals surface area contributed by atoms with Gasteiger partial charge in [-0.25, -0.2) is 0 Å². The van der Waals surface area contributed by atoms with Gasteiger partial charge in [-0.3, -0.25) is 4.68 Å². The summed E-state index contributed by atoms with van der Waals surface area (Å²) in [4.78, 5) is 0. The summed E-state index contributed by atoms with van der Waals surface area (Å²) in [6.07, 6.45) is 3.13. The third kappa shape index (κ3) is 3.45. The number of benzene rings is 1. The minimum Gasteiger partial charge on any atom is -0.493 e. The van der Waals surface area contributed by atoms with Gasteiger partial charge in [0.15, 0.2) is 0 Å². The van der Waals surface area contributed by atoms with E-state index in [4.69, 9.17) is 4.74 Å². The van der Waals surface area contributed by atoms with Crippen LogP contribution in [0.2, 0.25) is 0 Å². The van der Waals surface area contributed by atoms with Gasteiger partial charge in [0.2, 0.25) is 0 Å². The predicted molar refractivity (Wildman–Crippen MR) is 83.5 cm³/mol. The molecule has 1 unspecified atom stereocenters. The summed E-state index contributed by atoms with van der Waals surface area (Å²) in [5, 5.41) is 8.06. The second kappa shape index (κ2) is 6.31. The molecule has 0 amide bonds. The van der Waals surface area contributed by atoms with Crippen LogP contribution in [0.25, 0.3) is 0 Å². The lowest BCUT2D eigenvalue weighted by Crippen LogP contribution is -2.22. The van der Waals surface area contributed by atoms with Crippen LogP contribution in [-0.4, -0.2) is 22.4 Å². The Hall–Kier alpha value is -1.81. The fourth-order valence-corrected chi connectivity index (χ4v) is 2.74. The number of nitrogens with one attached hydrogen (secondary N) is 1. The molecule has 0 spiro atoms. The average molecular weight is 285 g/mol. The van der Waals surface area contributed by atoms with E-state index in [1.54, 1.807) is 0 Å². The molecule has 0 aliphatic carbocycles. The number of hydrogen-bond donors (Lipinski definition) is 1. The number of fused-ring (bicyclic) bond motifs is 1. The molecule has 1 aliphatic heterocycles. The molecule has 1 aliphatic rings. The van der Waals surface area contributed by atoms with E-state index in [0.717, 1.165) is 37.6 Å². The molecule has 2 heterocycles. The lowest BCUT2D eigenvalue weighted by atomic mass is 9.93. The minimum absolute atomic E-state index is 0.484. The first kappa shape index (κ1) is 14.1. The van der Waals surface area contributed by atoms with Crippen molar-refractivity contribution in [1.82, 2.24) is 15.1 Å². The summed E-state index contributed by atoms with van der Waals surface area (Å²) in [5.41, 5.74) is 2.41. The van der Waals surface area contributed by atoms with Gasteiger partial charge in [0.25, 0.3) is 0 Å². The smallest absolute Gasteiger partial charge is 0.122 e. The zero-order valence-corrected chi connectivity index (χ0v) is 12.7. The molecule has 1 atom stereocenters. The highest BCUT2D eigenvalue weighted by molar-refractivity contribution is 5.37. The maximum atomic E-state index is 5.72. The second-order valence-corrected chi connectivity index (χ2v) is 5.94. The quantitative estimate of drug-likeness (QED) is 0.918. The zero-order chi connectivity index (χ0) is 14.7. The van der Waals surface area contributed by atoms with Crippen LogP contribution in [-0.2, 0) is 13.1 Å². The fourth-order valence-electron chi connectivity index (χ4n) is 2.74. The van der Waals surface area contributed by atoms with Crippen LogP contribution in [0.1, 0.15) is 37.4 Å². The van der Waals surface area contributed by atoms with Gasteiger partial charge in [0.05, 0.1) is 12.3 Å². The third-order valence-corrected chi connectivity index (χ3v) is 3.88. The Balaban J connectivity index is 1.67. The van der Waals surface area contributed by atoms with Crippen molar-refractivity contribution in [3.63, 3.8) is 0 Å². The van der Waals surface area contributed by atoms with Crippen molar-refractivity contribution < 1.29 is 4.74 Å². The van der Waals surface area contributed by atoms with Gasteiger partial charge in [0.1, 0.15) is 5.75 Å². The van der Waals surface area contributed by atoms with E-state index in [1.165, 1.54) is 5.56 Å². The van der Waals surface area contributed by atoms with Crippen LogP contribution in [0.5, 0.6) is 5.75 Å². The Morgan fingerprint density at radius 1 is 1.33 bits per heavy atom. The van der Waals surface area contributed by atoms with Crippen LogP contribution < -0.4 is 10.1 Å². The zero-order valence-electron chi connectivity index (χ0n) is 12.7. The number of aromatic nitrogens is 2. The summed E-state index contributed by atoms with van der Waals surface area (Å²) in [6, 6.07) is 10.9. The van der Waals surface area contributed by atoms with Crippen molar-refractivity contribution in [3.05, 3.63) is 47.8 Å². The third-order valence-electron chi connectivity index (χ3n) is 3.88. The molecule has 1 aromatic heterocycles. The Kier molecular flexibility index (Phi) is 4.25. The molecule has 112 valence electrons. The van der Waals surface area contributed by atoms with Crippen molar-refractivity contribution in [2.24, 2.45) is 0 Å². The molecular weight excluding hydrogens is 262 g/mol. The molecule has 21 heavy (non-hydrogen) atoms. The maximum Gasteiger partial charge on any atom is 0.122 e. The Morgan fingerprint density at radius 3 is 3.05 bits per heavy atom. The lowest BCUT2D eigenvalue weighted by Gasteiger charge is -2.25. The molecule has 0 bridgehead atoms. The van der Waals surface area contributed by atoms with E-state index in [2.05, 4.69) is 59.4 Å². The van der Waals surface area contributed by atoms with Crippen molar-refractivity contribution >= 4 is 0 Å². The maximum absolute atomic E-state index is 5.72. The molecule has 0 fully saturated rings. The van der Waals surface area contributed by atoms with Crippen LogP contribution in [0, 0.1) is 0 Å². The summed E-state index contributed by atoms with van der Waals surface area (Å²) in [5.74, 6) is 1.52. The molecule has 1 aromatic carbocycles. The molecule has 4 heteroatoms. The average Bonchev–Trinajstić information content (AvgIpc) is 2.93. The molecule has 3 rings (SSSR count). The van der Waals surface area contributed by atoms with E-state index in [1.807, 2.05) is 6.07 Å². The Labute approximate surface area is 126 Å². The number of rotatable bonds is 5. The van der Waals surface area contributed by atoms with Gasteiger partial charge in [-0.05, 0) is 24.1 Å².